The average molecular weight is 438 g/mol. The fourth-order valence-electron chi connectivity index (χ4n) is 3.71. The summed E-state index contributed by atoms with van der Waals surface area (Å²) in [6, 6.07) is 15.1. The third-order valence-corrected chi connectivity index (χ3v) is 5.57. The minimum absolute atomic E-state index is 0.141. The number of piperazine rings is 1. The molecule has 1 aliphatic heterocycles. The van der Waals surface area contributed by atoms with Crippen LogP contribution in [0.15, 0.2) is 54.9 Å². The Labute approximate surface area is 186 Å². The van der Waals surface area contributed by atoms with Gasteiger partial charge in [0.2, 0.25) is 5.82 Å². The Hall–Kier alpha value is -3.59. The Morgan fingerprint density at radius 2 is 1.75 bits per heavy atom. The number of anilines is 1. The molecule has 0 unspecified atom stereocenters. The van der Waals surface area contributed by atoms with Gasteiger partial charge in [-0.2, -0.15) is 0 Å². The van der Waals surface area contributed by atoms with Crippen molar-refractivity contribution < 1.29 is 19.4 Å². The predicted molar refractivity (Wildman–Crippen MR) is 119 cm³/mol. The number of benzene rings is 2. The zero-order valence-corrected chi connectivity index (χ0v) is 18.2. The van der Waals surface area contributed by atoms with E-state index in [0.29, 0.717) is 13.1 Å². The molecular formula is C23H27N5O4. The highest BCUT2D eigenvalue weighted by Gasteiger charge is 2.25. The summed E-state index contributed by atoms with van der Waals surface area (Å²) >= 11 is 0. The molecule has 9 heteroatoms. The molecule has 0 radical (unpaired) electrons. The first-order valence-corrected chi connectivity index (χ1v) is 10.5. The summed E-state index contributed by atoms with van der Waals surface area (Å²) in [6.45, 7) is 2.81. The lowest BCUT2D eigenvalue weighted by Gasteiger charge is -2.35. The summed E-state index contributed by atoms with van der Waals surface area (Å²) in [5.41, 5.74) is 1.81. The summed E-state index contributed by atoms with van der Waals surface area (Å²) < 4.78 is 11.9. The summed E-state index contributed by atoms with van der Waals surface area (Å²) in [4.78, 5) is 21.0. The molecule has 1 fully saturated rings. The zero-order chi connectivity index (χ0) is 22.5. The van der Waals surface area contributed by atoms with Crippen molar-refractivity contribution in [3.63, 3.8) is 0 Å². The van der Waals surface area contributed by atoms with Crippen molar-refractivity contribution in [2.24, 2.45) is 0 Å². The number of nitrogens with zero attached hydrogens (tertiary/aromatic N) is 5. The average Bonchev–Trinajstić information content (AvgIpc) is 3.32. The van der Waals surface area contributed by atoms with Gasteiger partial charge < -0.3 is 24.4 Å². The maximum Gasteiger partial charge on any atom is 0.293 e. The molecule has 1 aromatic heterocycles. The van der Waals surface area contributed by atoms with Crippen molar-refractivity contribution in [2.45, 2.75) is 12.6 Å². The number of ether oxygens (including phenoxy) is 2. The highest BCUT2D eigenvalue weighted by molar-refractivity contribution is 5.90. The van der Waals surface area contributed by atoms with Crippen molar-refractivity contribution >= 4 is 11.6 Å². The fourth-order valence-corrected chi connectivity index (χ4v) is 3.71. The van der Waals surface area contributed by atoms with Gasteiger partial charge in [0.25, 0.3) is 5.91 Å². The molecule has 0 saturated carbocycles. The number of hydrogen-bond acceptors (Lipinski definition) is 7. The minimum Gasteiger partial charge on any atom is -0.497 e. The monoisotopic (exact) mass is 437 g/mol. The fraction of sp³-hybridized carbons (Fsp3) is 0.348. The summed E-state index contributed by atoms with van der Waals surface area (Å²) in [5, 5.41) is 14.8. The van der Waals surface area contributed by atoms with Crippen molar-refractivity contribution in [3.05, 3.63) is 66.2 Å². The van der Waals surface area contributed by atoms with E-state index in [0.717, 1.165) is 35.8 Å². The molecule has 1 aliphatic rings. The van der Waals surface area contributed by atoms with Gasteiger partial charge in [0.15, 0.2) is 0 Å². The molecule has 9 nitrogen and oxygen atoms in total. The lowest BCUT2D eigenvalue weighted by molar-refractivity contribution is 0.0733. The van der Waals surface area contributed by atoms with Crippen molar-refractivity contribution in [1.29, 1.82) is 0 Å². The molecule has 1 atom stereocenters. The first kappa shape index (κ1) is 21.6. The number of rotatable bonds is 7. The highest BCUT2D eigenvalue weighted by atomic mass is 16.5. The topological polar surface area (TPSA) is 92.9 Å². The lowest BCUT2D eigenvalue weighted by Crippen LogP contribution is -2.49. The van der Waals surface area contributed by atoms with Crippen molar-refractivity contribution in [3.8, 4) is 11.5 Å². The number of aliphatic hydroxyl groups excluding tert-OH is 1. The number of carbonyl (C=O) groups is 1. The highest BCUT2D eigenvalue weighted by Crippen LogP contribution is 2.22. The van der Waals surface area contributed by atoms with Crippen LogP contribution in [0, 0.1) is 0 Å². The molecular weight excluding hydrogens is 410 g/mol. The molecule has 0 spiro atoms. The quantitative estimate of drug-likeness (QED) is 0.604. The number of amides is 1. The zero-order valence-electron chi connectivity index (χ0n) is 18.2. The van der Waals surface area contributed by atoms with Gasteiger partial charge in [-0.25, -0.2) is 9.67 Å². The van der Waals surface area contributed by atoms with Crippen LogP contribution in [-0.2, 0) is 6.54 Å². The van der Waals surface area contributed by atoms with E-state index in [1.165, 1.54) is 11.0 Å². The first-order chi connectivity index (χ1) is 15.6. The molecule has 168 valence electrons. The number of aromatic nitrogens is 3. The molecule has 0 bridgehead atoms. The van der Waals surface area contributed by atoms with E-state index in [4.69, 9.17) is 9.47 Å². The van der Waals surface area contributed by atoms with Crippen LogP contribution in [0.2, 0.25) is 0 Å². The molecule has 2 heterocycles. The first-order valence-electron chi connectivity index (χ1n) is 10.5. The van der Waals surface area contributed by atoms with Crippen molar-refractivity contribution in [2.75, 3.05) is 45.3 Å². The van der Waals surface area contributed by atoms with Crippen LogP contribution in [0.3, 0.4) is 0 Å². The van der Waals surface area contributed by atoms with E-state index >= 15 is 0 Å². The number of methoxy groups -OCH3 is 2. The Bertz CT molecular complexity index is 1040. The molecule has 4 rings (SSSR count). The van der Waals surface area contributed by atoms with Gasteiger partial charge in [-0.15, -0.1) is 5.10 Å². The summed E-state index contributed by atoms with van der Waals surface area (Å²) in [6.07, 6.45) is 0.712. The second-order valence-electron chi connectivity index (χ2n) is 7.56. The second-order valence-corrected chi connectivity index (χ2v) is 7.56. The van der Waals surface area contributed by atoms with Gasteiger partial charge in [0, 0.05) is 37.9 Å². The van der Waals surface area contributed by atoms with Gasteiger partial charge in [-0.3, -0.25) is 4.79 Å². The van der Waals surface area contributed by atoms with Gasteiger partial charge >= 0.3 is 0 Å². The van der Waals surface area contributed by atoms with Crippen LogP contribution >= 0.6 is 0 Å². The van der Waals surface area contributed by atoms with Gasteiger partial charge in [-0.1, -0.05) is 18.2 Å². The largest absolute Gasteiger partial charge is 0.497 e. The van der Waals surface area contributed by atoms with Crippen LogP contribution in [-0.4, -0.2) is 71.1 Å². The van der Waals surface area contributed by atoms with Crippen LogP contribution in [0.4, 0.5) is 5.69 Å². The van der Waals surface area contributed by atoms with Gasteiger partial charge in [-0.05, 0) is 29.8 Å². The standard InChI is InChI=1S/C23H27N5O4/c1-31-19-8-6-17(7-9-19)21(29)15-28-16-24-22(25-28)23(30)27-12-10-26(11-13-27)18-4-3-5-20(14-18)32-2/h3-9,14,16,21,29H,10-13,15H2,1-2H3/t21-/m0/s1. The van der Waals surface area contributed by atoms with E-state index in [1.807, 2.05) is 24.3 Å². The molecule has 1 saturated heterocycles. The Morgan fingerprint density at radius 3 is 2.44 bits per heavy atom. The van der Waals surface area contributed by atoms with E-state index < -0.39 is 6.10 Å². The maximum atomic E-state index is 12.9. The summed E-state index contributed by atoms with van der Waals surface area (Å²) in [7, 11) is 3.25. The molecule has 0 aliphatic carbocycles. The molecule has 3 aromatic rings. The smallest absolute Gasteiger partial charge is 0.293 e. The SMILES string of the molecule is COc1ccc([C@@H](O)Cn2cnc(C(=O)N3CCN(c4cccc(OC)c4)CC3)n2)cc1. The second kappa shape index (κ2) is 9.69. The third-order valence-electron chi connectivity index (χ3n) is 5.57. The minimum atomic E-state index is -0.767. The number of hydrogen-bond donors (Lipinski definition) is 1. The normalized spacial score (nSPS) is 14.8. The Balaban J connectivity index is 1.33. The molecule has 1 amide bonds. The number of aliphatic hydroxyl groups is 1. The van der Waals surface area contributed by atoms with E-state index in [1.54, 1.807) is 43.4 Å². The van der Waals surface area contributed by atoms with Gasteiger partial charge in [0.05, 0.1) is 26.9 Å². The van der Waals surface area contributed by atoms with Crippen LogP contribution in [0.25, 0.3) is 0 Å². The molecule has 1 N–H and O–H groups in total. The van der Waals surface area contributed by atoms with Gasteiger partial charge in [0.1, 0.15) is 17.8 Å². The van der Waals surface area contributed by atoms with E-state index in [9.17, 15) is 9.90 Å². The van der Waals surface area contributed by atoms with E-state index in [2.05, 4.69) is 15.0 Å². The summed E-state index contributed by atoms with van der Waals surface area (Å²) in [5.74, 6) is 1.48. The lowest BCUT2D eigenvalue weighted by atomic mass is 10.1. The Morgan fingerprint density at radius 1 is 1.03 bits per heavy atom. The predicted octanol–water partition coefficient (Wildman–Crippen LogP) is 1.99. The van der Waals surface area contributed by atoms with Crippen molar-refractivity contribution in [1.82, 2.24) is 19.7 Å². The van der Waals surface area contributed by atoms with E-state index in [-0.39, 0.29) is 18.3 Å². The number of carbonyl (C=O) groups excluding carboxylic acids is 1. The molecule has 32 heavy (non-hydrogen) atoms. The van der Waals surface area contributed by atoms with Crippen LogP contribution < -0.4 is 14.4 Å². The third kappa shape index (κ3) is 4.83. The Kier molecular flexibility index (Phi) is 6.55. The molecule has 2 aromatic carbocycles. The van der Waals surface area contributed by atoms with Crippen LogP contribution in [0.5, 0.6) is 11.5 Å². The van der Waals surface area contributed by atoms with Crippen LogP contribution in [0.1, 0.15) is 22.3 Å². The maximum absolute atomic E-state index is 12.9.